The molecule has 126 valence electrons. The molecule has 0 aliphatic heterocycles. The lowest BCUT2D eigenvalue weighted by molar-refractivity contribution is -0.0499. The molecule has 0 saturated carbocycles. The van der Waals surface area contributed by atoms with Crippen LogP contribution >= 0.6 is 11.6 Å². The predicted octanol–water partition coefficient (Wildman–Crippen LogP) is 4.17. The minimum absolute atomic E-state index is 0.00408. The van der Waals surface area contributed by atoms with Gasteiger partial charge in [0.15, 0.2) is 0 Å². The van der Waals surface area contributed by atoms with Gasteiger partial charge in [-0.2, -0.15) is 13.9 Å². The summed E-state index contributed by atoms with van der Waals surface area (Å²) in [5.74, 6) is -0.576. The average molecular weight is 355 g/mol. The average Bonchev–Trinajstić information content (AvgIpc) is 2.56. The van der Waals surface area contributed by atoms with E-state index in [0.29, 0.717) is 11.3 Å². The number of esters is 1. The van der Waals surface area contributed by atoms with Crippen LogP contribution in [0.15, 0.2) is 47.6 Å². The number of carbonyl (C=O) groups excluding carboxylic acids is 1. The standard InChI is InChI=1S/C16H13ClF2N2O3/c1-23-15(22)12-8-11(6-7-13(12)17)21-20-9-10-4-2-3-5-14(10)24-16(18)19/h2-9,16,21H,1H3/b20-9+. The summed E-state index contributed by atoms with van der Waals surface area (Å²) in [6, 6.07) is 10.8. The molecule has 0 radical (unpaired) electrons. The molecule has 5 nitrogen and oxygen atoms in total. The summed E-state index contributed by atoms with van der Waals surface area (Å²) in [6.45, 7) is -2.92. The van der Waals surface area contributed by atoms with E-state index in [1.165, 1.54) is 31.5 Å². The number of para-hydroxylation sites is 1. The first-order valence-electron chi connectivity index (χ1n) is 6.72. The first kappa shape index (κ1) is 17.7. The van der Waals surface area contributed by atoms with Gasteiger partial charge in [-0.15, -0.1) is 0 Å². The number of hydrazone groups is 1. The Morgan fingerprint density at radius 3 is 2.75 bits per heavy atom. The van der Waals surface area contributed by atoms with Crippen molar-refractivity contribution < 1.29 is 23.0 Å². The second kappa shape index (κ2) is 8.26. The predicted molar refractivity (Wildman–Crippen MR) is 87.1 cm³/mol. The highest BCUT2D eigenvalue weighted by Crippen LogP contribution is 2.22. The maximum Gasteiger partial charge on any atom is 0.387 e. The highest BCUT2D eigenvalue weighted by Gasteiger charge is 2.11. The van der Waals surface area contributed by atoms with Gasteiger partial charge in [0.05, 0.1) is 29.6 Å². The number of anilines is 1. The Morgan fingerprint density at radius 1 is 1.29 bits per heavy atom. The molecule has 0 aliphatic rings. The lowest BCUT2D eigenvalue weighted by Crippen LogP contribution is -2.04. The molecule has 24 heavy (non-hydrogen) atoms. The molecule has 0 saturated heterocycles. The molecule has 0 fully saturated rings. The minimum atomic E-state index is -2.92. The number of halogens is 3. The summed E-state index contributed by atoms with van der Waals surface area (Å²) in [4.78, 5) is 11.6. The van der Waals surface area contributed by atoms with Gasteiger partial charge in [-0.1, -0.05) is 23.7 Å². The Labute approximate surface area is 141 Å². The number of hydrogen-bond donors (Lipinski definition) is 1. The van der Waals surface area contributed by atoms with Crippen LogP contribution in [0.2, 0.25) is 5.02 Å². The molecule has 1 N–H and O–H groups in total. The molecule has 0 atom stereocenters. The first-order valence-corrected chi connectivity index (χ1v) is 7.10. The molecule has 0 aliphatic carbocycles. The van der Waals surface area contributed by atoms with Crippen molar-refractivity contribution in [1.82, 2.24) is 0 Å². The summed E-state index contributed by atoms with van der Waals surface area (Å²) in [6.07, 6.45) is 1.32. The van der Waals surface area contributed by atoms with E-state index < -0.39 is 12.6 Å². The number of benzene rings is 2. The number of alkyl halides is 2. The Hall–Kier alpha value is -2.67. The van der Waals surface area contributed by atoms with Gasteiger partial charge in [0.2, 0.25) is 0 Å². The fraction of sp³-hybridized carbons (Fsp3) is 0.125. The monoisotopic (exact) mass is 354 g/mol. The summed E-state index contributed by atoms with van der Waals surface area (Å²) in [7, 11) is 1.25. The van der Waals surface area contributed by atoms with Gasteiger partial charge in [-0.05, 0) is 30.3 Å². The van der Waals surface area contributed by atoms with E-state index in [4.69, 9.17) is 11.6 Å². The van der Waals surface area contributed by atoms with Crippen molar-refractivity contribution in [3.05, 3.63) is 58.6 Å². The highest BCUT2D eigenvalue weighted by molar-refractivity contribution is 6.33. The molecule has 0 unspecified atom stereocenters. The molecule has 8 heteroatoms. The first-order chi connectivity index (χ1) is 11.5. The summed E-state index contributed by atoms with van der Waals surface area (Å²) < 4.78 is 33.7. The Morgan fingerprint density at radius 2 is 2.04 bits per heavy atom. The summed E-state index contributed by atoms with van der Waals surface area (Å²) in [5, 5.41) is 4.18. The number of nitrogens with one attached hydrogen (secondary N) is 1. The zero-order chi connectivity index (χ0) is 17.5. The number of hydrogen-bond acceptors (Lipinski definition) is 5. The van der Waals surface area contributed by atoms with Crippen molar-refractivity contribution >= 4 is 29.5 Å². The van der Waals surface area contributed by atoms with Crippen LogP contribution in [-0.4, -0.2) is 25.9 Å². The second-order valence-corrected chi connectivity index (χ2v) is 4.88. The van der Waals surface area contributed by atoms with Gasteiger partial charge < -0.3 is 9.47 Å². The Kier molecular flexibility index (Phi) is 6.08. The van der Waals surface area contributed by atoms with Crippen LogP contribution in [0.4, 0.5) is 14.5 Å². The Bertz CT molecular complexity index is 754. The van der Waals surface area contributed by atoms with E-state index in [9.17, 15) is 13.6 Å². The third-order valence-corrected chi connectivity index (χ3v) is 3.23. The van der Waals surface area contributed by atoms with E-state index in [1.807, 2.05) is 0 Å². The molecule has 0 spiro atoms. The highest BCUT2D eigenvalue weighted by atomic mass is 35.5. The fourth-order valence-corrected chi connectivity index (χ4v) is 2.02. The minimum Gasteiger partial charge on any atom is -0.465 e. The normalized spacial score (nSPS) is 10.9. The van der Waals surface area contributed by atoms with Gasteiger partial charge in [0.25, 0.3) is 0 Å². The molecule has 2 aromatic rings. The molecular weight excluding hydrogens is 342 g/mol. The van der Waals surface area contributed by atoms with Crippen molar-refractivity contribution in [3.8, 4) is 5.75 Å². The van der Waals surface area contributed by atoms with Crippen LogP contribution in [0.3, 0.4) is 0 Å². The van der Waals surface area contributed by atoms with E-state index in [2.05, 4.69) is 20.0 Å². The quantitative estimate of drug-likeness (QED) is 0.480. The van der Waals surface area contributed by atoms with E-state index in [1.54, 1.807) is 24.3 Å². The fourth-order valence-electron chi connectivity index (χ4n) is 1.83. The number of nitrogens with zero attached hydrogens (tertiary/aromatic N) is 1. The topological polar surface area (TPSA) is 59.9 Å². The third-order valence-electron chi connectivity index (χ3n) is 2.90. The largest absolute Gasteiger partial charge is 0.465 e. The van der Waals surface area contributed by atoms with Crippen molar-refractivity contribution in [2.75, 3.05) is 12.5 Å². The maximum absolute atomic E-state index is 12.3. The van der Waals surface area contributed by atoms with Gasteiger partial charge in [0, 0.05) is 5.56 Å². The van der Waals surface area contributed by atoms with Crippen LogP contribution < -0.4 is 10.2 Å². The lowest BCUT2D eigenvalue weighted by Gasteiger charge is -2.07. The molecule has 0 aromatic heterocycles. The van der Waals surface area contributed by atoms with E-state index in [0.717, 1.165) is 0 Å². The van der Waals surface area contributed by atoms with Crippen molar-refractivity contribution in [1.29, 1.82) is 0 Å². The van der Waals surface area contributed by atoms with Crippen LogP contribution in [0.25, 0.3) is 0 Å². The lowest BCUT2D eigenvalue weighted by atomic mass is 10.2. The summed E-state index contributed by atoms with van der Waals surface area (Å²) in [5.41, 5.74) is 3.70. The van der Waals surface area contributed by atoms with Gasteiger partial charge in [0.1, 0.15) is 5.75 Å². The van der Waals surface area contributed by atoms with Crippen LogP contribution in [-0.2, 0) is 4.74 Å². The number of carbonyl (C=O) groups is 1. The third kappa shape index (κ3) is 4.66. The molecule has 0 heterocycles. The van der Waals surface area contributed by atoms with Gasteiger partial charge in [-0.25, -0.2) is 4.79 Å². The number of methoxy groups -OCH3 is 1. The molecular formula is C16H13ClF2N2O3. The number of rotatable bonds is 6. The molecule has 2 aromatic carbocycles. The summed E-state index contributed by atoms with van der Waals surface area (Å²) >= 11 is 5.91. The van der Waals surface area contributed by atoms with Crippen LogP contribution in [0.1, 0.15) is 15.9 Å². The maximum atomic E-state index is 12.3. The van der Waals surface area contributed by atoms with Gasteiger partial charge >= 0.3 is 12.6 Å². The molecule has 0 amide bonds. The smallest absolute Gasteiger partial charge is 0.387 e. The zero-order valence-corrected chi connectivity index (χ0v) is 13.3. The zero-order valence-electron chi connectivity index (χ0n) is 12.5. The van der Waals surface area contributed by atoms with Crippen molar-refractivity contribution in [2.45, 2.75) is 6.61 Å². The SMILES string of the molecule is COC(=O)c1cc(N/N=C/c2ccccc2OC(F)F)ccc1Cl. The number of ether oxygens (including phenoxy) is 2. The van der Waals surface area contributed by atoms with E-state index in [-0.39, 0.29) is 16.3 Å². The van der Waals surface area contributed by atoms with Gasteiger partial charge in [-0.3, -0.25) is 5.43 Å². The second-order valence-electron chi connectivity index (χ2n) is 4.47. The van der Waals surface area contributed by atoms with Crippen molar-refractivity contribution in [2.24, 2.45) is 5.10 Å². The van der Waals surface area contributed by atoms with Crippen LogP contribution in [0.5, 0.6) is 5.75 Å². The molecule has 0 bridgehead atoms. The molecule has 2 rings (SSSR count). The Balaban J connectivity index is 2.14. The van der Waals surface area contributed by atoms with Crippen molar-refractivity contribution in [3.63, 3.8) is 0 Å². The van der Waals surface area contributed by atoms with E-state index >= 15 is 0 Å². The van der Waals surface area contributed by atoms with Crippen LogP contribution in [0, 0.1) is 0 Å².